The molecular formula is C26H24N2O5S. The highest BCUT2D eigenvalue weighted by atomic mass is 32.1. The Labute approximate surface area is 201 Å². The van der Waals surface area contributed by atoms with Gasteiger partial charge in [-0.1, -0.05) is 30.3 Å². The van der Waals surface area contributed by atoms with Crippen LogP contribution in [0.5, 0.6) is 5.75 Å². The van der Waals surface area contributed by atoms with Crippen molar-refractivity contribution in [1.82, 2.24) is 10.2 Å². The average molecular weight is 477 g/mol. The minimum absolute atomic E-state index is 0.0185. The predicted octanol–water partition coefficient (Wildman–Crippen LogP) is 3.03. The van der Waals surface area contributed by atoms with E-state index in [0.29, 0.717) is 18.5 Å². The highest BCUT2D eigenvalue weighted by molar-refractivity contribution is 7.13. The number of phenolic OH excluding ortho intramolecular Hbond substituents is 1. The monoisotopic (exact) mass is 476 g/mol. The summed E-state index contributed by atoms with van der Waals surface area (Å²) in [7, 11) is 0. The summed E-state index contributed by atoms with van der Waals surface area (Å²) in [6, 6.07) is 16.3. The molecule has 2 saturated heterocycles. The van der Waals surface area contributed by atoms with Gasteiger partial charge in [-0.3, -0.25) is 14.4 Å². The van der Waals surface area contributed by atoms with E-state index in [1.54, 1.807) is 52.6 Å². The van der Waals surface area contributed by atoms with E-state index in [1.165, 1.54) is 0 Å². The number of phenols is 1. The van der Waals surface area contributed by atoms with Gasteiger partial charge in [-0.2, -0.15) is 0 Å². The van der Waals surface area contributed by atoms with Crippen LogP contribution in [0.1, 0.15) is 22.3 Å². The van der Waals surface area contributed by atoms with Gasteiger partial charge >= 0.3 is 0 Å². The maximum absolute atomic E-state index is 13.5. The fraction of sp³-hybridized carbons (Fsp3) is 0.269. The van der Waals surface area contributed by atoms with Gasteiger partial charge in [0.1, 0.15) is 24.4 Å². The number of amides is 2. The third-order valence-corrected chi connectivity index (χ3v) is 7.25. The zero-order valence-electron chi connectivity index (χ0n) is 18.3. The van der Waals surface area contributed by atoms with Crippen molar-refractivity contribution < 1.29 is 24.2 Å². The molecule has 1 aromatic heterocycles. The Bertz CT molecular complexity index is 1190. The highest BCUT2D eigenvalue weighted by Gasteiger charge is 2.48. The number of hydrogen-bond acceptors (Lipinski definition) is 6. The summed E-state index contributed by atoms with van der Waals surface area (Å²) in [6.45, 7) is 0.433. The third kappa shape index (κ3) is 4.47. The molecule has 0 bridgehead atoms. The van der Waals surface area contributed by atoms with Crippen LogP contribution >= 0.6 is 11.3 Å². The Hall–Kier alpha value is -3.49. The molecule has 2 aliphatic rings. The lowest BCUT2D eigenvalue weighted by molar-refractivity contribution is -0.138. The molecule has 2 aliphatic heterocycles. The van der Waals surface area contributed by atoms with Crippen molar-refractivity contribution in [3.05, 3.63) is 77.2 Å². The molecule has 2 amide bonds. The van der Waals surface area contributed by atoms with Crippen molar-refractivity contribution in [2.45, 2.75) is 31.0 Å². The number of carbonyl (C=O) groups excluding carboxylic acids is 3. The van der Waals surface area contributed by atoms with Crippen LogP contribution in [0, 0.1) is 0 Å². The second kappa shape index (κ2) is 9.40. The molecular weight excluding hydrogens is 452 g/mol. The number of ketones is 1. The topological polar surface area (TPSA) is 95.9 Å². The van der Waals surface area contributed by atoms with Crippen LogP contribution < -0.4 is 5.32 Å². The smallest absolute Gasteiger partial charge is 0.251 e. The largest absolute Gasteiger partial charge is 0.508 e. The maximum Gasteiger partial charge on any atom is 0.251 e. The van der Waals surface area contributed by atoms with Crippen molar-refractivity contribution in [2.75, 3.05) is 13.2 Å². The Morgan fingerprint density at radius 2 is 1.88 bits per heavy atom. The molecule has 3 heterocycles. The standard InChI is InChI=1S/C26H24N2O5S/c29-19-9-3-16(4-10-19)14-20(26(32)28-12-11-22-24(28)21(30)15-33-22)27-25(31)18-7-5-17(6-8-18)23-2-1-13-34-23/h1-10,13,20,22,24,29H,11-12,14-15H2,(H,27,31). The SMILES string of the molecule is O=C(NC(Cc1ccc(O)cc1)C(=O)N1CCC2OCC(=O)C21)c1ccc(-c2cccs2)cc1. The molecule has 0 aliphatic carbocycles. The summed E-state index contributed by atoms with van der Waals surface area (Å²) in [5, 5.41) is 14.5. The lowest BCUT2D eigenvalue weighted by atomic mass is 10.0. The number of likely N-dealkylation sites (tertiary alicyclic amines) is 1. The Kier molecular flexibility index (Phi) is 6.17. The summed E-state index contributed by atoms with van der Waals surface area (Å²) in [5.74, 6) is -0.644. The van der Waals surface area contributed by atoms with Crippen molar-refractivity contribution in [3.8, 4) is 16.2 Å². The molecule has 174 valence electrons. The lowest BCUT2D eigenvalue weighted by Crippen LogP contribution is -2.53. The molecule has 0 spiro atoms. The van der Waals surface area contributed by atoms with Crippen molar-refractivity contribution >= 4 is 28.9 Å². The first-order valence-corrected chi connectivity index (χ1v) is 12.0. The minimum Gasteiger partial charge on any atom is -0.508 e. The van der Waals surface area contributed by atoms with E-state index < -0.39 is 12.1 Å². The molecule has 5 rings (SSSR count). The van der Waals surface area contributed by atoms with E-state index in [0.717, 1.165) is 16.0 Å². The first-order chi connectivity index (χ1) is 16.5. The molecule has 2 aromatic carbocycles. The molecule has 3 unspecified atom stereocenters. The number of ether oxygens (including phenoxy) is 1. The molecule has 8 heteroatoms. The lowest BCUT2D eigenvalue weighted by Gasteiger charge is -2.27. The van der Waals surface area contributed by atoms with Crippen LogP contribution in [0.4, 0.5) is 0 Å². The van der Waals surface area contributed by atoms with E-state index in [4.69, 9.17) is 4.74 Å². The third-order valence-electron chi connectivity index (χ3n) is 6.33. The van der Waals surface area contributed by atoms with Gasteiger partial charge < -0.3 is 20.1 Å². The van der Waals surface area contributed by atoms with E-state index in [1.807, 2.05) is 29.6 Å². The Morgan fingerprint density at radius 1 is 1.12 bits per heavy atom. The highest BCUT2D eigenvalue weighted by Crippen LogP contribution is 2.28. The number of nitrogens with zero attached hydrogens (tertiary/aromatic N) is 1. The second-order valence-corrected chi connectivity index (χ2v) is 9.48. The van der Waals surface area contributed by atoms with E-state index in [9.17, 15) is 19.5 Å². The van der Waals surface area contributed by atoms with Crippen LogP contribution in [0.25, 0.3) is 10.4 Å². The maximum atomic E-state index is 13.5. The van der Waals surface area contributed by atoms with Gasteiger partial charge in [0.25, 0.3) is 5.91 Å². The molecule has 2 fully saturated rings. The van der Waals surface area contributed by atoms with Crippen LogP contribution in [0.3, 0.4) is 0 Å². The van der Waals surface area contributed by atoms with Gasteiger partial charge in [0.05, 0.1) is 6.10 Å². The molecule has 0 saturated carbocycles. The van der Waals surface area contributed by atoms with Crippen LogP contribution in [0.15, 0.2) is 66.0 Å². The van der Waals surface area contributed by atoms with Gasteiger partial charge in [-0.05, 0) is 53.3 Å². The fourth-order valence-corrected chi connectivity index (χ4v) is 5.31. The van der Waals surface area contributed by atoms with Crippen molar-refractivity contribution in [3.63, 3.8) is 0 Å². The average Bonchev–Trinajstić information content (AvgIpc) is 3.60. The molecule has 2 N–H and O–H groups in total. The number of Topliss-reactive ketones (excluding diaryl/α,β-unsaturated/α-hetero) is 1. The second-order valence-electron chi connectivity index (χ2n) is 8.53. The fourth-order valence-electron chi connectivity index (χ4n) is 4.58. The normalized spacial score (nSPS) is 20.2. The molecule has 34 heavy (non-hydrogen) atoms. The van der Waals surface area contributed by atoms with E-state index >= 15 is 0 Å². The molecule has 7 nitrogen and oxygen atoms in total. The number of hydrogen-bond donors (Lipinski definition) is 2. The molecule has 3 aromatic rings. The number of rotatable bonds is 6. The number of fused-ring (bicyclic) bond motifs is 1. The molecule has 0 radical (unpaired) electrons. The zero-order valence-corrected chi connectivity index (χ0v) is 19.2. The minimum atomic E-state index is -0.860. The summed E-state index contributed by atoms with van der Waals surface area (Å²) in [5.41, 5.74) is 2.25. The van der Waals surface area contributed by atoms with Gasteiger partial charge in [0.2, 0.25) is 5.91 Å². The number of benzene rings is 2. The van der Waals surface area contributed by atoms with Crippen LogP contribution in [-0.2, 0) is 20.7 Å². The Morgan fingerprint density at radius 3 is 2.59 bits per heavy atom. The summed E-state index contributed by atoms with van der Waals surface area (Å²) in [4.78, 5) is 41.6. The van der Waals surface area contributed by atoms with Gasteiger partial charge in [-0.15, -0.1) is 11.3 Å². The zero-order chi connectivity index (χ0) is 23.7. The number of thiophene rings is 1. The summed E-state index contributed by atoms with van der Waals surface area (Å²) in [6.07, 6.45) is 0.569. The van der Waals surface area contributed by atoms with Crippen LogP contribution in [0.2, 0.25) is 0 Å². The van der Waals surface area contributed by atoms with Gasteiger partial charge in [0, 0.05) is 23.4 Å². The number of carbonyl (C=O) groups is 3. The quantitative estimate of drug-likeness (QED) is 0.570. The van der Waals surface area contributed by atoms with Crippen LogP contribution in [-0.4, -0.2) is 58.9 Å². The first kappa shape index (κ1) is 22.3. The van der Waals surface area contributed by atoms with Gasteiger partial charge in [0.15, 0.2) is 5.78 Å². The summed E-state index contributed by atoms with van der Waals surface area (Å²) < 4.78 is 5.52. The van der Waals surface area contributed by atoms with E-state index in [-0.39, 0.29) is 42.5 Å². The van der Waals surface area contributed by atoms with Gasteiger partial charge in [-0.25, -0.2) is 0 Å². The Balaban J connectivity index is 1.36. The number of nitrogens with one attached hydrogen (secondary N) is 1. The van der Waals surface area contributed by atoms with Crippen molar-refractivity contribution in [1.29, 1.82) is 0 Å². The predicted molar refractivity (Wildman–Crippen MR) is 128 cm³/mol. The first-order valence-electron chi connectivity index (χ1n) is 11.2. The van der Waals surface area contributed by atoms with Crippen molar-refractivity contribution in [2.24, 2.45) is 0 Å². The summed E-state index contributed by atoms with van der Waals surface area (Å²) >= 11 is 1.62. The number of aromatic hydroxyl groups is 1. The molecule has 3 atom stereocenters. The van der Waals surface area contributed by atoms with E-state index in [2.05, 4.69) is 5.32 Å².